The summed E-state index contributed by atoms with van der Waals surface area (Å²) in [6.45, 7) is 0. The summed E-state index contributed by atoms with van der Waals surface area (Å²) in [6, 6.07) is 5.92. The fourth-order valence-corrected chi connectivity index (χ4v) is 1.89. The number of benzene rings is 1. The number of rotatable bonds is 2. The Balaban J connectivity index is 3.06. The van der Waals surface area contributed by atoms with Gasteiger partial charge < -0.3 is 5.43 Å². The van der Waals surface area contributed by atoms with Crippen molar-refractivity contribution in [3.8, 4) is 0 Å². The van der Waals surface area contributed by atoms with Crippen LogP contribution < -0.4 is 11.3 Å². The van der Waals surface area contributed by atoms with Crippen LogP contribution in [0.3, 0.4) is 0 Å². The highest BCUT2D eigenvalue weighted by atomic mass is 79.9. The quantitative estimate of drug-likeness (QED) is 0.468. The number of halogens is 1. The van der Waals surface area contributed by atoms with Gasteiger partial charge in [0.15, 0.2) is 0 Å². The molecule has 0 aliphatic rings. The summed E-state index contributed by atoms with van der Waals surface area (Å²) in [5, 5.41) is 0. The second kappa shape index (κ2) is 3.99. The van der Waals surface area contributed by atoms with Crippen molar-refractivity contribution in [2.75, 3.05) is 11.7 Å². The van der Waals surface area contributed by atoms with Gasteiger partial charge in [0.1, 0.15) is 0 Å². The lowest BCUT2D eigenvalue weighted by molar-refractivity contribution is 1.28. The molecule has 1 aromatic rings. The molecule has 0 amide bonds. The molecule has 1 rings (SSSR count). The van der Waals surface area contributed by atoms with Crippen molar-refractivity contribution in [3.05, 3.63) is 22.7 Å². The Kier molecular flexibility index (Phi) is 3.23. The molecule has 0 bridgehead atoms. The van der Waals surface area contributed by atoms with Crippen molar-refractivity contribution in [1.82, 2.24) is 0 Å². The first kappa shape index (κ1) is 8.90. The van der Waals surface area contributed by atoms with Crippen LogP contribution in [-0.4, -0.2) is 6.26 Å². The lowest BCUT2D eigenvalue weighted by atomic mass is 10.3. The average molecular weight is 233 g/mol. The molecule has 0 aromatic heterocycles. The molecule has 3 N–H and O–H groups in total. The fraction of sp³-hybridized carbons (Fsp3) is 0.143. The lowest BCUT2D eigenvalue weighted by Gasteiger charge is -2.05. The van der Waals surface area contributed by atoms with Gasteiger partial charge in [0.2, 0.25) is 0 Å². The van der Waals surface area contributed by atoms with Gasteiger partial charge in [0.25, 0.3) is 0 Å². The van der Waals surface area contributed by atoms with E-state index in [9.17, 15) is 0 Å². The van der Waals surface area contributed by atoms with Gasteiger partial charge in [0.05, 0.1) is 5.69 Å². The summed E-state index contributed by atoms with van der Waals surface area (Å²) in [7, 11) is 0. The van der Waals surface area contributed by atoms with Gasteiger partial charge in [-0.1, -0.05) is 15.9 Å². The van der Waals surface area contributed by atoms with E-state index in [4.69, 9.17) is 5.84 Å². The van der Waals surface area contributed by atoms with Crippen molar-refractivity contribution in [1.29, 1.82) is 0 Å². The molecule has 0 unspecified atom stereocenters. The molecule has 4 heteroatoms. The van der Waals surface area contributed by atoms with E-state index in [0.717, 1.165) is 15.1 Å². The van der Waals surface area contributed by atoms with E-state index >= 15 is 0 Å². The van der Waals surface area contributed by atoms with Crippen LogP contribution in [0, 0.1) is 0 Å². The second-order valence-corrected chi connectivity index (χ2v) is 3.75. The van der Waals surface area contributed by atoms with Gasteiger partial charge in [-0.3, -0.25) is 5.84 Å². The molecule has 0 fully saturated rings. The number of nitrogens with one attached hydrogen (secondary N) is 1. The SMILES string of the molecule is CSc1cc(Br)ccc1NN. The first-order valence-corrected chi connectivity index (χ1v) is 5.10. The Bertz CT molecular complexity index is 252. The molecule has 2 nitrogen and oxygen atoms in total. The number of nitrogen functional groups attached to an aromatic ring is 1. The van der Waals surface area contributed by atoms with Gasteiger partial charge >= 0.3 is 0 Å². The van der Waals surface area contributed by atoms with Crippen LogP contribution in [0.15, 0.2) is 27.6 Å². The molecular formula is C7H9BrN2S. The molecule has 0 aliphatic heterocycles. The van der Waals surface area contributed by atoms with E-state index in [1.807, 2.05) is 24.5 Å². The summed E-state index contributed by atoms with van der Waals surface area (Å²) in [4.78, 5) is 1.14. The number of hydrogen-bond acceptors (Lipinski definition) is 3. The Labute approximate surface area is 78.6 Å². The number of thioether (sulfide) groups is 1. The van der Waals surface area contributed by atoms with Gasteiger partial charge in [-0.25, -0.2) is 0 Å². The normalized spacial score (nSPS) is 9.73. The van der Waals surface area contributed by atoms with Gasteiger partial charge in [-0.15, -0.1) is 11.8 Å². The van der Waals surface area contributed by atoms with E-state index in [1.165, 1.54) is 0 Å². The molecular weight excluding hydrogens is 224 g/mol. The minimum Gasteiger partial charge on any atom is -0.323 e. The third kappa shape index (κ3) is 2.12. The molecule has 0 spiro atoms. The van der Waals surface area contributed by atoms with Crippen LogP contribution in [0.1, 0.15) is 0 Å². The summed E-state index contributed by atoms with van der Waals surface area (Å²) in [5.41, 5.74) is 3.59. The molecule has 0 aliphatic carbocycles. The highest BCUT2D eigenvalue weighted by Crippen LogP contribution is 2.27. The average Bonchev–Trinajstić information content (AvgIpc) is 2.04. The zero-order valence-corrected chi connectivity index (χ0v) is 8.50. The Morgan fingerprint density at radius 1 is 1.55 bits per heavy atom. The van der Waals surface area contributed by atoms with Gasteiger partial charge in [0, 0.05) is 9.37 Å². The first-order valence-electron chi connectivity index (χ1n) is 3.08. The minimum absolute atomic E-state index is 0.959. The molecule has 60 valence electrons. The molecule has 0 radical (unpaired) electrons. The number of anilines is 1. The minimum atomic E-state index is 0.959. The molecule has 0 saturated heterocycles. The van der Waals surface area contributed by atoms with Crippen LogP contribution in [0.2, 0.25) is 0 Å². The number of nitrogens with two attached hydrogens (primary N) is 1. The lowest BCUT2D eigenvalue weighted by Crippen LogP contribution is -2.07. The zero-order valence-electron chi connectivity index (χ0n) is 6.10. The molecule has 11 heavy (non-hydrogen) atoms. The van der Waals surface area contributed by atoms with Crippen molar-refractivity contribution >= 4 is 33.4 Å². The van der Waals surface area contributed by atoms with E-state index in [-0.39, 0.29) is 0 Å². The number of hydrazine groups is 1. The van der Waals surface area contributed by atoms with E-state index in [0.29, 0.717) is 0 Å². The van der Waals surface area contributed by atoms with Crippen LogP contribution >= 0.6 is 27.7 Å². The predicted octanol–water partition coefficient (Wildman–Crippen LogP) is 2.46. The van der Waals surface area contributed by atoms with Crippen LogP contribution in [0.4, 0.5) is 5.69 Å². The smallest absolute Gasteiger partial charge is 0.0621 e. The summed E-state index contributed by atoms with van der Waals surface area (Å²) < 4.78 is 1.07. The van der Waals surface area contributed by atoms with Crippen LogP contribution in [0.5, 0.6) is 0 Å². The van der Waals surface area contributed by atoms with Crippen molar-refractivity contribution in [2.24, 2.45) is 5.84 Å². The van der Waals surface area contributed by atoms with Gasteiger partial charge in [-0.2, -0.15) is 0 Å². The first-order chi connectivity index (χ1) is 5.27. The zero-order chi connectivity index (χ0) is 8.27. The highest BCUT2D eigenvalue weighted by Gasteiger charge is 1.98. The Morgan fingerprint density at radius 2 is 2.27 bits per heavy atom. The highest BCUT2D eigenvalue weighted by molar-refractivity contribution is 9.10. The standard InChI is InChI=1S/C7H9BrN2S/c1-11-7-4-5(8)2-3-6(7)10-9/h2-4,10H,9H2,1H3. The third-order valence-electron chi connectivity index (χ3n) is 1.32. The molecule has 0 atom stereocenters. The third-order valence-corrected chi connectivity index (χ3v) is 2.59. The topological polar surface area (TPSA) is 38.0 Å². The van der Waals surface area contributed by atoms with Gasteiger partial charge in [-0.05, 0) is 24.5 Å². The van der Waals surface area contributed by atoms with Crippen molar-refractivity contribution in [3.63, 3.8) is 0 Å². The van der Waals surface area contributed by atoms with Crippen LogP contribution in [0.25, 0.3) is 0 Å². The summed E-state index contributed by atoms with van der Waals surface area (Å²) in [6.07, 6.45) is 2.02. The molecule has 0 saturated carbocycles. The Hall–Kier alpha value is -0.190. The summed E-state index contributed by atoms with van der Waals surface area (Å²) >= 11 is 5.05. The van der Waals surface area contributed by atoms with E-state index in [2.05, 4.69) is 21.4 Å². The maximum absolute atomic E-state index is 5.30. The summed E-state index contributed by atoms with van der Waals surface area (Å²) in [5.74, 6) is 5.30. The number of hydrogen-bond donors (Lipinski definition) is 2. The van der Waals surface area contributed by atoms with E-state index < -0.39 is 0 Å². The van der Waals surface area contributed by atoms with Crippen molar-refractivity contribution < 1.29 is 0 Å². The molecule has 1 aromatic carbocycles. The molecule has 0 heterocycles. The fourth-order valence-electron chi connectivity index (χ4n) is 0.784. The maximum atomic E-state index is 5.30. The largest absolute Gasteiger partial charge is 0.323 e. The maximum Gasteiger partial charge on any atom is 0.0621 e. The van der Waals surface area contributed by atoms with Crippen molar-refractivity contribution in [2.45, 2.75) is 4.90 Å². The van der Waals surface area contributed by atoms with Crippen LogP contribution in [-0.2, 0) is 0 Å². The second-order valence-electron chi connectivity index (χ2n) is 1.99. The monoisotopic (exact) mass is 232 g/mol. The Morgan fingerprint density at radius 3 is 2.82 bits per heavy atom. The predicted molar refractivity (Wildman–Crippen MR) is 53.7 cm³/mol. The van der Waals surface area contributed by atoms with E-state index in [1.54, 1.807) is 11.8 Å².